The molecule has 81 heavy (non-hydrogen) atoms. The fourth-order valence-electron chi connectivity index (χ4n) is 3.38. The molecule has 0 saturated carbocycles. The van der Waals surface area contributed by atoms with E-state index in [2.05, 4.69) is 82.5 Å². The third kappa shape index (κ3) is 90.8. The number of rotatable bonds is 0. The number of thiazole rings is 2. The first-order valence-corrected chi connectivity index (χ1v) is 32.1. The first-order valence-electron chi connectivity index (χ1n) is 28.7. The monoisotopic (exact) mass is 1200 g/mol. The van der Waals surface area contributed by atoms with Gasteiger partial charge in [-0.1, -0.05) is 186 Å². The van der Waals surface area contributed by atoms with Gasteiger partial charge in [0.25, 0.3) is 0 Å². The molecule has 464 valence electrons. The Bertz CT molecular complexity index is 1770. The van der Waals surface area contributed by atoms with Crippen LogP contribution in [0.15, 0.2) is 175 Å². The lowest BCUT2D eigenvalue weighted by atomic mass is 10.2. The minimum Gasteiger partial charge on any atom is -0.470 e. The van der Waals surface area contributed by atoms with E-state index in [1.807, 2.05) is 259 Å². The molecule has 0 amide bonds. The van der Waals surface area contributed by atoms with Crippen LogP contribution in [0.2, 0.25) is 0 Å². The minimum absolute atomic E-state index is 0.718. The van der Waals surface area contributed by atoms with Crippen LogP contribution in [0.1, 0.15) is 193 Å². The van der Waals surface area contributed by atoms with Gasteiger partial charge < -0.3 is 22.8 Å². The van der Waals surface area contributed by atoms with Crippen LogP contribution in [-0.4, -0.2) is 34.5 Å². The number of oxazole rings is 2. The molecule has 9 heterocycles. The van der Waals surface area contributed by atoms with E-state index in [9.17, 15) is 0 Å². The SMILES string of the molecule is CC.CC.CC.CC.CC.CC.CC.CC.CC.CC.Cc1ccc[nH]1.Cc1ccccc1.Cc1ccco1.Cc1cccs1.Cc1ccno1.Cc1ccns1.Cc1cnco1.Cc1cncs1.Cc1ncco1.Cc1nccs1. The Balaban J connectivity index is -0.0000000835. The van der Waals surface area contributed by atoms with Gasteiger partial charge in [0, 0.05) is 63.5 Å². The molecule has 0 saturated heterocycles. The summed E-state index contributed by atoms with van der Waals surface area (Å²) >= 11 is 6.64. The minimum atomic E-state index is 0.718. The van der Waals surface area contributed by atoms with E-state index in [1.165, 1.54) is 43.8 Å². The normalized spacial score (nSPS) is 7.38. The van der Waals surface area contributed by atoms with Crippen molar-refractivity contribution in [2.75, 3.05) is 0 Å². The number of hydrogen-bond acceptors (Lipinski definition) is 14. The maximum absolute atomic E-state index is 4.83. The molecule has 0 aliphatic heterocycles. The number of thiophene rings is 1. The molecule has 0 radical (unpaired) electrons. The number of furan rings is 1. The van der Waals surface area contributed by atoms with Crippen molar-refractivity contribution in [1.82, 2.24) is 34.5 Å². The van der Waals surface area contributed by atoms with Crippen LogP contribution in [0.25, 0.3) is 0 Å². The van der Waals surface area contributed by atoms with E-state index >= 15 is 0 Å². The second kappa shape index (κ2) is 93.3. The zero-order chi connectivity index (χ0) is 64.8. The molecular weight excluding hydrogens is 1080 g/mol. The second-order valence-electron chi connectivity index (χ2n) is 12.0. The average molecular weight is 1200 g/mol. The maximum atomic E-state index is 4.83. The van der Waals surface area contributed by atoms with Crippen LogP contribution in [0, 0.1) is 69.2 Å². The van der Waals surface area contributed by atoms with Gasteiger partial charge >= 0.3 is 0 Å². The van der Waals surface area contributed by atoms with Crippen molar-refractivity contribution >= 4 is 45.5 Å². The summed E-state index contributed by atoms with van der Waals surface area (Å²) in [5.74, 6) is 3.40. The van der Waals surface area contributed by atoms with Crippen molar-refractivity contribution in [3.63, 3.8) is 0 Å². The van der Waals surface area contributed by atoms with Gasteiger partial charge in [-0.15, -0.1) is 34.0 Å². The molecule has 11 nitrogen and oxygen atoms in total. The molecule has 10 rings (SSSR count). The van der Waals surface area contributed by atoms with E-state index in [-0.39, 0.29) is 0 Å². The largest absolute Gasteiger partial charge is 0.470 e. The number of nitrogens with zero attached hydrogens (tertiary/aromatic N) is 6. The van der Waals surface area contributed by atoms with Crippen molar-refractivity contribution in [3.8, 4) is 0 Å². The topological polar surface area (TPSA) is 146 Å². The molecule has 0 aliphatic rings. The van der Waals surface area contributed by atoms with Gasteiger partial charge in [-0.2, -0.15) is 0 Å². The Morgan fingerprint density at radius 2 is 1.01 bits per heavy atom. The van der Waals surface area contributed by atoms with Gasteiger partial charge in [0.15, 0.2) is 12.3 Å². The van der Waals surface area contributed by atoms with Crippen molar-refractivity contribution < 1.29 is 17.8 Å². The molecule has 10 aromatic rings. The number of aromatic nitrogens is 7. The fraction of sp³-hybridized carbons (Fsp3) is 0.455. The summed E-state index contributed by atoms with van der Waals surface area (Å²) in [6, 6.07) is 26.0. The number of nitrogens with one attached hydrogen (secondary N) is 1. The van der Waals surface area contributed by atoms with Crippen molar-refractivity contribution in [1.29, 1.82) is 0 Å². The van der Waals surface area contributed by atoms with Crippen LogP contribution in [0.5, 0.6) is 0 Å². The Morgan fingerprint density at radius 1 is 0.407 bits per heavy atom. The van der Waals surface area contributed by atoms with Gasteiger partial charge in [0.1, 0.15) is 23.5 Å². The lowest BCUT2D eigenvalue weighted by Crippen LogP contribution is -1.62. The smallest absolute Gasteiger partial charge is 0.190 e. The van der Waals surface area contributed by atoms with Gasteiger partial charge in [-0.05, 0) is 116 Å². The Kier molecular flexibility index (Phi) is 112. The van der Waals surface area contributed by atoms with Crippen molar-refractivity contribution in [3.05, 3.63) is 211 Å². The summed E-state index contributed by atoms with van der Waals surface area (Å²) in [4.78, 5) is 22.1. The zero-order valence-electron chi connectivity index (χ0n) is 56.5. The first kappa shape index (κ1) is 97.2. The van der Waals surface area contributed by atoms with Crippen molar-refractivity contribution in [2.45, 2.75) is 208 Å². The highest BCUT2D eigenvalue weighted by Gasteiger charge is 1.81. The highest BCUT2D eigenvalue weighted by Crippen LogP contribution is 2.04. The van der Waals surface area contributed by atoms with Crippen LogP contribution in [0.4, 0.5) is 0 Å². The Hall–Kier alpha value is -6.00. The van der Waals surface area contributed by atoms with Crippen LogP contribution in [-0.2, 0) is 0 Å². The fourth-order valence-corrected chi connectivity index (χ4v) is 5.17. The predicted molar refractivity (Wildman–Crippen MR) is 367 cm³/mol. The van der Waals surface area contributed by atoms with Gasteiger partial charge in [-0.3, -0.25) is 9.97 Å². The highest BCUT2D eigenvalue weighted by molar-refractivity contribution is 7.10. The Labute approximate surface area is 513 Å². The van der Waals surface area contributed by atoms with Crippen LogP contribution >= 0.6 is 45.5 Å². The van der Waals surface area contributed by atoms with E-state index in [4.69, 9.17) is 13.3 Å². The molecule has 0 aliphatic carbocycles. The highest BCUT2D eigenvalue weighted by atomic mass is 32.1. The third-order valence-electron chi connectivity index (χ3n) is 6.38. The average Bonchev–Trinajstić information content (AvgIpc) is 4.36. The molecule has 1 N–H and O–H groups in total. The third-order valence-corrected chi connectivity index (χ3v) is 9.24. The molecule has 0 spiro atoms. The predicted octanol–water partition coefficient (Wildman–Crippen LogP) is 24.5. The molecule has 0 fully saturated rings. The molecular formula is C66H117N7O4S4. The van der Waals surface area contributed by atoms with E-state index < -0.39 is 0 Å². The van der Waals surface area contributed by atoms with Crippen molar-refractivity contribution in [2.24, 2.45) is 0 Å². The summed E-state index contributed by atoms with van der Waals surface area (Å²) in [6.45, 7) is 59.7. The van der Waals surface area contributed by atoms with E-state index in [1.54, 1.807) is 90.5 Å². The number of aryl methyl sites for hydroxylation is 10. The number of hydrogen-bond donors (Lipinski definition) is 1. The molecule has 0 atom stereocenters. The second-order valence-corrected chi connectivity index (χ2v) is 16.4. The zero-order valence-corrected chi connectivity index (χ0v) is 59.7. The number of H-pyrrole nitrogens is 1. The summed E-state index contributed by atoms with van der Waals surface area (Å²) in [6.07, 6.45) is 16.9. The maximum Gasteiger partial charge on any atom is 0.190 e. The molecule has 9 aromatic heterocycles. The summed E-state index contributed by atoms with van der Waals surface area (Å²) in [7, 11) is 0. The standard InChI is InChI=1S/C7H8.C5H7N.C5H6O.C5H6S.3C4H5NO.3C4H5NS.10C2H6/c1-7-5-3-2-4-6-7;3*1-5-3-2-4-6-5;1-4-2-5-3-6-4;1-4-5-2-3-6-4;1-4-2-3-5-6-4;1-4-2-5-3-6-4;1-4-5-2-3-6-4;1-4-2-3-5-6-4;10*1-2/h2-6H,1H3;2-4,6H,1H3;2*2-4H,1H3;6*2-3H,1H3;10*1-2H3. The van der Waals surface area contributed by atoms with Gasteiger partial charge in [-0.25, -0.2) is 14.3 Å². The molecule has 1 aromatic carbocycles. The van der Waals surface area contributed by atoms with Gasteiger partial charge in [0.2, 0.25) is 0 Å². The number of benzene rings is 1. The lowest BCUT2D eigenvalue weighted by Gasteiger charge is -1.82. The summed E-state index contributed by atoms with van der Waals surface area (Å²) in [5.41, 5.74) is 4.37. The number of aromatic amines is 1. The summed E-state index contributed by atoms with van der Waals surface area (Å²) in [5, 5.41) is 8.63. The Morgan fingerprint density at radius 3 is 1.15 bits per heavy atom. The van der Waals surface area contributed by atoms with Crippen LogP contribution < -0.4 is 0 Å². The molecule has 0 bridgehead atoms. The van der Waals surface area contributed by atoms with E-state index in [0.29, 0.717) is 0 Å². The summed E-state index contributed by atoms with van der Waals surface area (Å²) < 4.78 is 22.7. The lowest BCUT2D eigenvalue weighted by molar-refractivity contribution is 0.397. The molecule has 0 unspecified atom stereocenters. The van der Waals surface area contributed by atoms with Crippen LogP contribution in [0.3, 0.4) is 0 Å². The van der Waals surface area contributed by atoms with Gasteiger partial charge in [0.05, 0.1) is 35.4 Å². The molecule has 15 heteroatoms. The first-order chi connectivity index (χ1) is 39.4. The quantitative estimate of drug-likeness (QED) is 0.156. The van der Waals surface area contributed by atoms with E-state index in [0.717, 1.165) is 28.2 Å².